The summed E-state index contributed by atoms with van der Waals surface area (Å²) < 4.78 is 0. The number of benzene rings is 4. The van der Waals surface area contributed by atoms with Crippen LogP contribution >= 0.6 is 0 Å². The lowest BCUT2D eigenvalue weighted by Crippen LogP contribution is -2.63. The van der Waals surface area contributed by atoms with E-state index in [1.54, 1.807) is 0 Å². The Hall–Kier alpha value is -3.20. The zero-order chi connectivity index (χ0) is 23.5. The quantitative estimate of drug-likeness (QED) is 0.327. The lowest BCUT2D eigenvalue weighted by Gasteiger charge is -2.51. The van der Waals surface area contributed by atoms with Crippen LogP contribution in [0.3, 0.4) is 0 Å². The summed E-state index contributed by atoms with van der Waals surface area (Å²) in [5, 5.41) is 3.99. The number of piperidine rings is 3. The molecule has 0 amide bonds. The minimum absolute atomic E-state index is 0.537. The normalized spacial score (nSPS) is 23.3. The summed E-state index contributed by atoms with van der Waals surface area (Å²) in [7, 11) is 0. The summed E-state index contributed by atoms with van der Waals surface area (Å²) in [6.45, 7) is 3.42. The third-order valence-corrected chi connectivity index (χ3v) is 8.10. The fraction of sp³-hybridized carbons (Fsp3) is 0.273. The van der Waals surface area contributed by atoms with E-state index < -0.39 is 0 Å². The molecule has 2 atom stereocenters. The van der Waals surface area contributed by atoms with E-state index in [2.05, 4.69) is 119 Å². The van der Waals surface area contributed by atoms with Crippen LogP contribution in [0.4, 0.5) is 0 Å². The zero-order valence-corrected chi connectivity index (χ0v) is 20.3. The largest absolute Gasteiger partial charge is 0.308 e. The van der Waals surface area contributed by atoms with Gasteiger partial charge in [-0.15, -0.1) is 0 Å². The predicted octanol–water partition coefficient (Wildman–Crippen LogP) is 6.82. The standard InChI is InChI=1S/C33H34N2/c1-3-11-25(12-4-1)24-34-33-27-19-21-35(22-20-27)32(33)23-28-15-7-8-17-30(28)31-18-10-9-16-29(31)26-13-5-2-6-14-26/h1-18,27,32-34H,19-24H2. The average Bonchev–Trinajstić information content (AvgIpc) is 2.94. The Morgan fingerprint density at radius 2 is 1.23 bits per heavy atom. The third-order valence-electron chi connectivity index (χ3n) is 8.10. The Kier molecular flexibility index (Phi) is 6.49. The van der Waals surface area contributed by atoms with Crippen LogP contribution in [0.15, 0.2) is 109 Å². The van der Waals surface area contributed by atoms with Gasteiger partial charge in [-0.3, -0.25) is 4.90 Å². The topological polar surface area (TPSA) is 15.3 Å². The first-order valence-electron chi connectivity index (χ1n) is 13.1. The first-order valence-corrected chi connectivity index (χ1v) is 13.1. The number of hydrogen-bond acceptors (Lipinski definition) is 2. The monoisotopic (exact) mass is 458 g/mol. The molecule has 2 heteroatoms. The van der Waals surface area contributed by atoms with E-state index in [0.29, 0.717) is 12.1 Å². The van der Waals surface area contributed by atoms with Gasteiger partial charge in [-0.05, 0) is 71.7 Å². The molecule has 2 bridgehead atoms. The maximum absolute atomic E-state index is 3.99. The molecule has 2 nitrogen and oxygen atoms in total. The Bertz CT molecular complexity index is 1240. The number of rotatable bonds is 7. The fourth-order valence-electron chi connectivity index (χ4n) is 6.32. The van der Waals surface area contributed by atoms with Crippen LogP contribution in [0.25, 0.3) is 22.3 Å². The Morgan fingerprint density at radius 3 is 1.97 bits per heavy atom. The number of fused-ring (bicyclic) bond motifs is 3. The first kappa shape index (κ1) is 22.3. The number of nitrogens with zero attached hydrogens (tertiary/aromatic N) is 1. The molecule has 35 heavy (non-hydrogen) atoms. The van der Waals surface area contributed by atoms with Crippen LogP contribution in [0.5, 0.6) is 0 Å². The Labute approximate surface area is 209 Å². The van der Waals surface area contributed by atoms with E-state index in [9.17, 15) is 0 Å². The number of hydrogen-bond donors (Lipinski definition) is 1. The van der Waals surface area contributed by atoms with E-state index in [1.165, 1.54) is 59.3 Å². The molecule has 3 aliphatic rings. The maximum atomic E-state index is 3.99. The van der Waals surface area contributed by atoms with Gasteiger partial charge in [0.1, 0.15) is 0 Å². The van der Waals surface area contributed by atoms with Crippen molar-refractivity contribution in [2.75, 3.05) is 13.1 Å². The molecule has 3 saturated heterocycles. The van der Waals surface area contributed by atoms with E-state index in [0.717, 1.165) is 18.9 Å². The molecule has 7 rings (SSSR count). The SMILES string of the molecule is c1ccc(CNC2C3CCN(CC3)C2Cc2ccccc2-c2ccccc2-c2ccccc2)cc1. The van der Waals surface area contributed by atoms with Gasteiger partial charge in [0, 0.05) is 18.6 Å². The number of nitrogens with one attached hydrogen (secondary N) is 1. The van der Waals surface area contributed by atoms with E-state index in [-0.39, 0.29) is 0 Å². The van der Waals surface area contributed by atoms with Crippen molar-refractivity contribution in [1.82, 2.24) is 10.2 Å². The van der Waals surface area contributed by atoms with Gasteiger partial charge in [0.2, 0.25) is 0 Å². The third kappa shape index (κ3) is 4.69. The van der Waals surface area contributed by atoms with Crippen LogP contribution < -0.4 is 5.32 Å². The smallest absolute Gasteiger partial charge is 0.0292 e. The maximum Gasteiger partial charge on any atom is 0.0292 e. The summed E-state index contributed by atoms with van der Waals surface area (Å²) in [4.78, 5) is 2.75. The summed E-state index contributed by atoms with van der Waals surface area (Å²) in [6, 6.07) is 40.7. The van der Waals surface area contributed by atoms with Gasteiger partial charge < -0.3 is 5.32 Å². The molecule has 0 saturated carbocycles. The van der Waals surface area contributed by atoms with E-state index in [4.69, 9.17) is 0 Å². The second kappa shape index (κ2) is 10.2. The molecule has 3 aliphatic heterocycles. The Morgan fingerprint density at radius 1 is 0.629 bits per heavy atom. The molecule has 0 aliphatic carbocycles. The van der Waals surface area contributed by atoms with Gasteiger partial charge in [0.15, 0.2) is 0 Å². The summed E-state index contributed by atoms with van der Waals surface area (Å²) in [5.41, 5.74) is 8.13. The van der Waals surface area contributed by atoms with Crippen molar-refractivity contribution >= 4 is 0 Å². The van der Waals surface area contributed by atoms with Crippen LogP contribution in [0.1, 0.15) is 24.0 Å². The van der Waals surface area contributed by atoms with Crippen molar-refractivity contribution in [2.45, 2.75) is 37.9 Å². The zero-order valence-electron chi connectivity index (χ0n) is 20.3. The lowest BCUT2D eigenvalue weighted by molar-refractivity contribution is 0.0127. The second-order valence-corrected chi connectivity index (χ2v) is 10.1. The highest BCUT2D eigenvalue weighted by Crippen LogP contribution is 2.38. The van der Waals surface area contributed by atoms with Gasteiger partial charge in [-0.2, -0.15) is 0 Å². The van der Waals surface area contributed by atoms with E-state index >= 15 is 0 Å². The molecule has 0 radical (unpaired) electrons. The predicted molar refractivity (Wildman–Crippen MR) is 146 cm³/mol. The van der Waals surface area contributed by atoms with Gasteiger partial charge in [-0.25, -0.2) is 0 Å². The molecule has 0 aromatic heterocycles. The van der Waals surface area contributed by atoms with Crippen molar-refractivity contribution < 1.29 is 0 Å². The second-order valence-electron chi connectivity index (χ2n) is 10.1. The van der Waals surface area contributed by atoms with Crippen LogP contribution in [-0.2, 0) is 13.0 Å². The van der Waals surface area contributed by atoms with Crippen LogP contribution in [0, 0.1) is 5.92 Å². The molecule has 4 aromatic carbocycles. The molecule has 176 valence electrons. The van der Waals surface area contributed by atoms with Crippen molar-refractivity contribution in [3.63, 3.8) is 0 Å². The minimum Gasteiger partial charge on any atom is -0.308 e. The molecule has 3 fully saturated rings. The molecular formula is C33H34N2. The van der Waals surface area contributed by atoms with Crippen molar-refractivity contribution in [3.05, 3.63) is 120 Å². The molecule has 0 spiro atoms. The van der Waals surface area contributed by atoms with Crippen molar-refractivity contribution in [3.8, 4) is 22.3 Å². The lowest BCUT2D eigenvalue weighted by atomic mass is 9.76. The van der Waals surface area contributed by atoms with Crippen LogP contribution in [0.2, 0.25) is 0 Å². The Balaban J connectivity index is 1.31. The summed E-state index contributed by atoms with van der Waals surface area (Å²) in [6.07, 6.45) is 3.73. The van der Waals surface area contributed by atoms with Gasteiger partial charge in [0.25, 0.3) is 0 Å². The highest BCUT2D eigenvalue weighted by molar-refractivity contribution is 5.84. The van der Waals surface area contributed by atoms with Gasteiger partial charge >= 0.3 is 0 Å². The minimum atomic E-state index is 0.537. The molecule has 1 N–H and O–H groups in total. The highest BCUT2D eigenvalue weighted by atomic mass is 15.2. The average molecular weight is 459 g/mol. The summed E-state index contributed by atoms with van der Waals surface area (Å²) in [5.74, 6) is 0.775. The van der Waals surface area contributed by atoms with Gasteiger partial charge in [0.05, 0.1) is 0 Å². The molecular weight excluding hydrogens is 424 g/mol. The van der Waals surface area contributed by atoms with Gasteiger partial charge in [-0.1, -0.05) is 109 Å². The highest BCUT2D eigenvalue weighted by Gasteiger charge is 2.41. The summed E-state index contributed by atoms with van der Waals surface area (Å²) >= 11 is 0. The van der Waals surface area contributed by atoms with E-state index in [1.807, 2.05) is 0 Å². The van der Waals surface area contributed by atoms with Crippen molar-refractivity contribution in [1.29, 1.82) is 0 Å². The first-order chi connectivity index (χ1) is 17.4. The van der Waals surface area contributed by atoms with Crippen molar-refractivity contribution in [2.24, 2.45) is 5.92 Å². The molecule has 4 aromatic rings. The van der Waals surface area contributed by atoms with Crippen LogP contribution in [-0.4, -0.2) is 30.1 Å². The molecule has 3 heterocycles. The fourth-order valence-corrected chi connectivity index (χ4v) is 6.32. The molecule has 2 unspecified atom stereocenters.